The molecular weight excluding hydrogens is 180 g/mol. The number of thioether (sulfide) groups is 1. The Morgan fingerprint density at radius 2 is 1.92 bits per heavy atom. The molecule has 1 nitrogen and oxygen atoms in total. The van der Waals surface area contributed by atoms with E-state index < -0.39 is 0 Å². The molecule has 1 fully saturated rings. The summed E-state index contributed by atoms with van der Waals surface area (Å²) in [5.74, 6) is 0. The lowest BCUT2D eigenvalue weighted by molar-refractivity contribution is 0.243. The molecular formula is C11H20OS. The number of aliphatic hydroxyl groups is 1. The van der Waals surface area contributed by atoms with Gasteiger partial charge in [0.25, 0.3) is 0 Å². The van der Waals surface area contributed by atoms with Gasteiger partial charge >= 0.3 is 0 Å². The molecule has 1 aliphatic rings. The molecule has 0 aromatic heterocycles. The summed E-state index contributed by atoms with van der Waals surface area (Å²) in [6, 6.07) is 0. The minimum Gasteiger partial charge on any atom is -0.389 e. The Bertz CT molecular complexity index is 169. The highest BCUT2D eigenvalue weighted by molar-refractivity contribution is 8.00. The molecule has 1 rings (SSSR count). The van der Waals surface area contributed by atoms with Gasteiger partial charge in [0.05, 0.1) is 6.10 Å². The van der Waals surface area contributed by atoms with Gasteiger partial charge in [0.2, 0.25) is 0 Å². The third kappa shape index (κ3) is 3.35. The highest BCUT2D eigenvalue weighted by atomic mass is 32.2. The third-order valence-electron chi connectivity index (χ3n) is 2.78. The first-order valence-corrected chi connectivity index (χ1v) is 6.34. The Kier molecular flexibility index (Phi) is 4.33. The zero-order valence-corrected chi connectivity index (χ0v) is 9.44. The van der Waals surface area contributed by atoms with Crippen molar-refractivity contribution in [2.75, 3.05) is 6.26 Å². The van der Waals surface area contributed by atoms with Crippen LogP contribution in [0, 0.1) is 0 Å². The summed E-state index contributed by atoms with van der Waals surface area (Å²) >= 11 is 1.94. The first-order chi connectivity index (χ1) is 6.18. The smallest absolute Gasteiger partial charge is 0.0693 e. The van der Waals surface area contributed by atoms with Crippen molar-refractivity contribution in [3.8, 4) is 0 Å². The number of hydrogen-bond acceptors (Lipinski definition) is 2. The maximum Gasteiger partial charge on any atom is 0.0693 e. The molecule has 0 saturated heterocycles. The van der Waals surface area contributed by atoms with E-state index >= 15 is 0 Å². The van der Waals surface area contributed by atoms with E-state index in [4.69, 9.17) is 0 Å². The lowest BCUT2D eigenvalue weighted by Gasteiger charge is -2.33. The molecule has 1 N–H and O–H groups in total. The standard InChI is InChI=1S/C11H20OS/c1-10(12)6-9-11(13-2)7-4-3-5-8-11/h6,9-10,12H,3-5,7-8H2,1-2H3/b9-6+/t10-/m1/s1. The van der Waals surface area contributed by atoms with Gasteiger partial charge in [0.1, 0.15) is 0 Å². The molecule has 0 heterocycles. The average molecular weight is 200 g/mol. The van der Waals surface area contributed by atoms with Crippen LogP contribution < -0.4 is 0 Å². The van der Waals surface area contributed by atoms with E-state index in [9.17, 15) is 5.11 Å². The number of aliphatic hydroxyl groups excluding tert-OH is 1. The van der Waals surface area contributed by atoms with Gasteiger partial charge in [0.15, 0.2) is 0 Å². The van der Waals surface area contributed by atoms with Crippen LogP contribution in [0.15, 0.2) is 12.2 Å². The van der Waals surface area contributed by atoms with Crippen LogP contribution in [0.25, 0.3) is 0 Å². The second kappa shape index (κ2) is 5.06. The molecule has 0 spiro atoms. The molecule has 0 bridgehead atoms. The van der Waals surface area contributed by atoms with Crippen LogP contribution in [-0.2, 0) is 0 Å². The third-order valence-corrected chi connectivity index (χ3v) is 4.14. The summed E-state index contributed by atoms with van der Waals surface area (Å²) in [5.41, 5.74) is 0. The quantitative estimate of drug-likeness (QED) is 0.707. The van der Waals surface area contributed by atoms with E-state index in [2.05, 4.69) is 12.3 Å². The van der Waals surface area contributed by atoms with Gasteiger partial charge < -0.3 is 5.11 Å². The van der Waals surface area contributed by atoms with Gasteiger partial charge in [-0.05, 0) is 26.0 Å². The zero-order chi connectivity index (χ0) is 9.73. The predicted octanol–water partition coefficient (Wildman–Crippen LogP) is 2.99. The minimum absolute atomic E-state index is 0.300. The summed E-state index contributed by atoms with van der Waals surface area (Å²) in [6.07, 6.45) is 12.6. The van der Waals surface area contributed by atoms with Crippen LogP contribution >= 0.6 is 11.8 Å². The van der Waals surface area contributed by atoms with E-state index in [1.54, 1.807) is 0 Å². The van der Waals surface area contributed by atoms with Crippen molar-refractivity contribution in [1.29, 1.82) is 0 Å². The van der Waals surface area contributed by atoms with Gasteiger partial charge in [-0.1, -0.05) is 31.4 Å². The van der Waals surface area contributed by atoms with Crippen LogP contribution in [-0.4, -0.2) is 22.2 Å². The van der Waals surface area contributed by atoms with Crippen molar-refractivity contribution >= 4 is 11.8 Å². The van der Waals surface area contributed by atoms with E-state index in [-0.39, 0.29) is 6.10 Å². The lowest BCUT2D eigenvalue weighted by atomic mass is 9.88. The lowest BCUT2D eigenvalue weighted by Crippen LogP contribution is -2.25. The van der Waals surface area contributed by atoms with Gasteiger partial charge in [-0.2, -0.15) is 11.8 Å². The molecule has 13 heavy (non-hydrogen) atoms. The average Bonchev–Trinajstić information content (AvgIpc) is 2.16. The summed E-state index contributed by atoms with van der Waals surface area (Å²) in [4.78, 5) is 0. The highest BCUT2D eigenvalue weighted by Gasteiger charge is 2.27. The van der Waals surface area contributed by atoms with Crippen LogP contribution in [0.4, 0.5) is 0 Å². The van der Waals surface area contributed by atoms with Crippen LogP contribution in [0.5, 0.6) is 0 Å². The van der Waals surface area contributed by atoms with Gasteiger partial charge in [-0.3, -0.25) is 0 Å². The number of hydrogen-bond donors (Lipinski definition) is 1. The fourth-order valence-electron chi connectivity index (χ4n) is 1.90. The van der Waals surface area contributed by atoms with E-state index in [1.165, 1.54) is 32.1 Å². The van der Waals surface area contributed by atoms with Gasteiger partial charge in [-0.25, -0.2) is 0 Å². The molecule has 0 amide bonds. The van der Waals surface area contributed by atoms with Crippen LogP contribution in [0.2, 0.25) is 0 Å². The first kappa shape index (κ1) is 11.1. The number of rotatable bonds is 3. The molecule has 0 unspecified atom stereocenters. The minimum atomic E-state index is -0.300. The van der Waals surface area contributed by atoms with Crippen molar-refractivity contribution in [2.45, 2.75) is 49.9 Å². The summed E-state index contributed by atoms with van der Waals surface area (Å²) < 4.78 is 0.329. The largest absolute Gasteiger partial charge is 0.389 e. The second-order valence-corrected chi connectivity index (χ2v) is 5.15. The van der Waals surface area contributed by atoms with Crippen molar-refractivity contribution in [3.05, 3.63) is 12.2 Å². The molecule has 0 aromatic carbocycles. The topological polar surface area (TPSA) is 20.2 Å². The van der Waals surface area contributed by atoms with E-state index in [1.807, 2.05) is 24.8 Å². The summed E-state index contributed by atoms with van der Waals surface area (Å²) in [6.45, 7) is 1.81. The maximum atomic E-state index is 9.20. The normalized spacial score (nSPS) is 24.8. The molecule has 0 radical (unpaired) electrons. The molecule has 1 saturated carbocycles. The Morgan fingerprint density at radius 1 is 1.31 bits per heavy atom. The van der Waals surface area contributed by atoms with Crippen molar-refractivity contribution in [2.24, 2.45) is 0 Å². The summed E-state index contributed by atoms with van der Waals surface area (Å²) in [5, 5.41) is 9.20. The Labute approximate surface area is 85.6 Å². The predicted molar refractivity (Wildman–Crippen MR) is 60.2 cm³/mol. The van der Waals surface area contributed by atoms with Crippen molar-refractivity contribution in [3.63, 3.8) is 0 Å². The fourth-order valence-corrected chi connectivity index (χ4v) is 2.82. The molecule has 2 heteroatoms. The maximum absolute atomic E-state index is 9.20. The fraction of sp³-hybridized carbons (Fsp3) is 0.818. The van der Waals surface area contributed by atoms with Crippen LogP contribution in [0.3, 0.4) is 0 Å². The van der Waals surface area contributed by atoms with Gasteiger partial charge in [-0.15, -0.1) is 0 Å². The highest BCUT2D eigenvalue weighted by Crippen LogP contribution is 2.39. The van der Waals surface area contributed by atoms with E-state index in [0.29, 0.717) is 4.75 Å². The molecule has 1 aliphatic carbocycles. The Balaban J connectivity index is 2.57. The first-order valence-electron chi connectivity index (χ1n) is 5.11. The van der Waals surface area contributed by atoms with Crippen LogP contribution in [0.1, 0.15) is 39.0 Å². The SMILES string of the molecule is CSC1(/C=C/[C@@H](C)O)CCCCC1. The Hall–Kier alpha value is 0.0500. The van der Waals surface area contributed by atoms with Crippen molar-refractivity contribution < 1.29 is 5.11 Å². The second-order valence-electron chi connectivity index (χ2n) is 3.93. The van der Waals surface area contributed by atoms with E-state index in [0.717, 1.165) is 0 Å². The monoisotopic (exact) mass is 200 g/mol. The molecule has 1 atom stereocenters. The van der Waals surface area contributed by atoms with Crippen molar-refractivity contribution in [1.82, 2.24) is 0 Å². The molecule has 76 valence electrons. The zero-order valence-electron chi connectivity index (χ0n) is 8.62. The molecule has 0 aliphatic heterocycles. The van der Waals surface area contributed by atoms with Gasteiger partial charge in [0, 0.05) is 4.75 Å². The summed E-state index contributed by atoms with van der Waals surface area (Å²) in [7, 11) is 0. The molecule has 0 aromatic rings. The Morgan fingerprint density at radius 3 is 2.38 bits per heavy atom.